The van der Waals surface area contributed by atoms with E-state index >= 15 is 0 Å². The third kappa shape index (κ3) is 2.26. The zero-order valence-corrected chi connectivity index (χ0v) is 8.33. The first-order chi connectivity index (χ1) is 7.15. The molecule has 0 amide bonds. The molecule has 0 saturated carbocycles. The second kappa shape index (κ2) is 3.88. The summed E-state index contributed by atoms with van der Waals surface area (Å²) in [4.78, 5) is 10.7. The van der Waals surface area contributed by atoms with Gasteiger partial charge in [0.2, 0.25) is 6.29 Å². The van der Waals surface area contributed by atoms with Gasteiger partial charge < -0.3 is 9.47 Å². The van der Waals surface area contributed by atoms with E-state index in [0.717, 1.165) is 5.56 Å². The van der Waals surface area contributed by atoms with Crippen molar-refractivity contribution in [2.45, 2.75) is 26.1 Å². The summed E-state index contributed by atoms with van der Waals surface area (Å²) in [6, 6.07) is 4.33. The van der Waals surface area contributed by atoms with Crippen LogP contribution in [0.5, 0.6) is 5.75 Å². The van der Waals surface area contributed by atoms with Crippen LogP contribution in [0.3, 0.4) is 0 Å². The maximum Gasteiger partial charge on any atom is 0.305 e. The summed E-state index contributed by atoms with van der Waals surface area (Å²) < 4.78 is 23.2. The van der Waals surface area contributed by atoms with Crippen molar-refractivity contribution in [1.29, 1.82) is 0 Å². The number of ether oxygens (including phenoxy) is 2. The molecular formula is C11H11FO3. The van der Waals surface area contributed by atoms with Gasteiger partial charge in [0.1, 0.15) is 11.6 Å². The summed E-state index contributed by atoms with van der Waals surface area (Å²) in [5.74, 6) is -0.0530. The quantitative estimate of drug-likeness (QED) is 0.665. The van der Waals surface area contributed by atoms with E-state index in [0.29, 0.717) is 18.6 Å². The Labute approximate surface area is 86.8 Å². The molecule has 1 aliphatic rings. The average Bonchev–Trinajstić information content (AvgIpc) is 2.17. The van der Waals surface area contributed by atoms with E-state index in [1.807, 2.05) is 0 Å². The zero-order chi connectivity index (χ0) is 10.8. The smallest absolute Gasteiger partial charge is 0.305 e. The highest BCUT2D eigenvalue weighted by molar-refractivity contribution is 5.66. The summed E-state index contributed by atoms with van der Waals surface area (Å²) in [5.41, 5.74) is 0.818. The molecule has 0 aliphatic carbocycles. The average molecular weight is 210 g/mol. The standard InChI is InChI=1S/C11H11FO3/c1-7(13)14-11-5-2-8-6-9(12)3-4-10(8)15-11/h3-4,6,11H,2,5H2,1H3/t11-/m0/s1. The zero-order valence-electron chi connectivity index (χ0n) is 8.33. The number of carbonyl (C=O) groups is 1. The van der Waals surface area contributed by atoms with Crippen LogP contribution in [0.2, 0.25) is 0 Å². The van der Waals surface area contributed by atoms with Crippen LogP contribution in [0.15, 0.2) is 18.2 Å². The molecule has 2 rings (SSSR count). The Balaban J connectivity index is 2.13. The van der Waals surface area contributed by atoms with E-state index in [2.05, 4.69) is 0 Å². The predicted molar refractivity (Wildman–Crippen MR) is 50.9 cm³/mol. The largest absolute Gasteiger partial charge is 0.454 e. The highest BCUT2D eigenvalue weighted by Crippen LogP contribution is 2.28. The van der Waals surface area contributed by atoms with Crippen molar-refractivity contribution < 1.29 is 18.7 Å². The van der Waals surface area contributed by atoms with Crippen LogP contribution in [0.25, 0.3) is 0 Å². The number of rotatable bonds is 1. The molecule has 3 nitrogen and oxygen atoms in total. The molecule has 0 N–H and O–H groups in total. The molecule has 15 heavy (non-hydrogen) atoms. The number of esters is 1. The lowest BCUT2D eigenvalue weighted by Gasteiger charge is -2.25. The maximum absolute atomic E-state index is 12.9. The Kier molecular flexibility index (Phi) is 2.58. The normalized spacial score (nSPS) is 18.9. The van der Waals surface area contributed by atoms with E-state index in [1.165, 1.54) is 19.1 Å². The molecular weight excluding hydrogens is 199 g/mol. The van der Waals surface area contributed by atoms with Crippen molar-refractivity contribution >= 4 is 5.97 Å². The Bertz CT molecular complexity index is 389. The van der Waals surface area contributed by atoms with E-state index in [9.17, 15) is 9.18 Å². The second-order valence-electron chi connectivity index (χ2n) is 3.45. The van der Waals surface area contributed by atoms with Crippen LogP contribution >= 0.6 is 0 Å². The lowest BCUT2D eigenvalue weighted by Crippen LogP contribution is -2.27. The van der Waals surface area contributed by atoms with E-state index < -0.39 is 6.29 Å². The van der Waals surface area contributed by atoms with E-state index in [-0.39, 0.29) is 11.8 Å². The van der Waals surface area contributed by atoms with Gasteiger partial charge in [-0.05, 0) is 30.2 Å². The van der Waals surface area contributed by atoms with E-state index in [4.69, 9.17) is 9.47 Å². The summed E-state index contributed by atoms with van der Waals surface area (Å²) in [6.45, 7) is 1.34. The van der Waals surface area contributed by atoms with Gasteiger partial charge in [-0.3, -0.25) is 4.79 Å². The molecule has 1 aromatic carbocycles. The number of aryl methyl sites for hydroxylation is 1. The SMILES string of the molecule is CC(=O)O[C@@H]1CCc2cc(F)ccc2O1. The molecule has 1 atom stereocenters. The molecule has 80 valence electrons. The molecule has 1 aromatic rings. The summed E-state index contributed by atoms with van der Waals surface area (Å²) in [6.07, 6.45) is 0.682. The highest BCUT2D eigenvalue weighted by atomic mass is 19.1. The minimum atomic E-state index is -0.541. The van der Waals surface area contributed by atoms with Crippen LogP contribution in [0, 0.1) is 5.82 Å². The van der Waals surface area contributed by atoms with Gasteiger partial charge in [-0.2, -0.15) is 0 Å². The van der Waals surface area contributed by atoms with Gasteiger partial charge in [-0.1, -0.05) is 0 Å². The van der Waals surface area contributed by atoms with Gasteiger partial charge in [0, 0.05) is 13.3 Å². The van der Waals surface area contributed by atoms with Crippen molar-refractivity contribution in [3.8, 4) is 5.75 Å². The monoisotopic (exact) mass is 210 g/mol. The number of hydrogen-bond acceptors (Lipinski definition) is 3. The van der Waals surface area contributed by atoms with Gasteiger partial charge in [0.05, 0.1) is 0 Å². The topological polar surface area (TPSA) is 35.5 Å². The first kappa shape index (κ1) is 9.96. The molecule has 0 fully saturated rings. The number of halogens is 1. The molecule has 0 saturated heterocycles. The molecule has 4 heteroatoms. The molecule has 1 heterocycles. The fourth-order valence-electron chi connectivity index (χ4n) is 1.60. The summed E-state index contributed by atoms with van der Waals surface area (Å²) in [7, 11) is 0. The van der Waals surface area contributed by atoms with Gasteiger partial charge in [-0.15, -0.1) is 0 Å². The van der Waals surface area contributed by atoms with Crippen molar-refractivity contribution in [2.75, 3.05) is 0 Å². The van der Waals surface area contributed by atoms with Gasteiger partial charge in [0.15, 0.2) is 0 Å². The number of benzene rings is 1. The molecule has 0 radical (unpaired) electrons. The molecule has 0 bridgehead atoms. The molecule has 1 aliphatic heterocycles. The van der Waals surface area contributed by atoms with Crippen molar-refractivity contribution in [3.05, 3.63) is 29.6 Å². The lowest BCUT2D eigenvalue weighted by molar-refractivity contribution is -0.162. The Morgan fingerprint density at radius 1 is 1.60 bits per heavy atom. The van der Waals surface area contributed by atoms with Gasteiger partial charge >= 0.3 is 5.97 Å². The fraction of sp³-hybridized carbons (Fsp3) is 0.364. The molecule has 0 aromatic heterocycles. The summed E-state index contributed by atoms with van der Waals surface area (Å²) >= 11 is 0. The molecule has 0 unspecified atom stereocenters. The molecule has 0 spiro atoms. The Hall–Kier alpha value is -1.58. The number of hydrogen-bond donors (Lipinski definition) is 0. The van der Waals surface area contributed by atoms with Crippen LogP contribution in [-0.2, 0) is 16.0 Å². The highest BCUT2D eigenvalue weighted by Gasteiger charge is 2.21. The van der Waals surface area contributed by atoms with Crippen LogP contribution in [-0.4, -0.2) is 12.3 Å². The number of fused-ring (bicyclic) bond motifs is 1. The lowest BCUT2D eigenvalue weighted by atomic mass is 10.1. The minimum Gasteiger partial charge on any atom is -0.454 e. The Morgan fingerprint density at radius 3 is 3.13 bits per heavy atom. The number of carbonyl (C=O) groups excluding carboxylic acids is 1. The van der Waals surface area contributed by atoms with Crippen molar-refractivity contribution in [3.63, 3.8) is 0 Å². The fourth-order valence-corrected chi connectivity index (χ4v) is 1.60. The summed E-state index contributed by atoms with van der Waals surface area (Å²) in [5, 5.41) is 0. The maximum atomic E-state index is 12.9. The third-order valence-electron chi connectivity index (χ3n) is 2.23. The van der Waals surface area contributed by atoms with Crippen LogP contribution in [0.1, 0.15) is 18.9 Å². The Morgan fingerprint density at radius 2 is 2.40 bits per heavy atom. The second-order valence-corrected chi connectivity index (χ2v) is 3.45. The van der Waals surface area contributed by atoms with Crippen molar-refractivity contribution in [1.82, 2.24) is 0 Å². The van der Waals surface area contributed by atoms with Crippen LogP contribution < -0.4 is 4.74 Å². The minimum absolute atomic E-state index is 0.275. The van der Waals surface area contributed by atoms with Crippen LogP contribution in [0.4, 0.5) is 4.39 Å². The first-order valence-electron chi connectivity index (χ1n) is 4.77. The van der Waals surface area contributed by atoms with E-state index in [1.54, 1.807) is 6.07 Å². The third-order valence-corrected chi connectivity index (χ3v) is 2.23. The predicted octanol–water partition coefficient (Wildman–Crippen LogP) is 2.04. The van der Waals surface area contributed by atoms with Gasteiger partial charge in [0.25, 0.3) is 0 Å². The first-order valence-corrected chi connectivity index (χ1v) is 4.77. The van der Waals surface area contributed by atoms with Gasteiger partial charge in [-0.25, -0.2) is 4.39 Å². The van der Waals surface area contributed by atoms with Crippen molar-refractivity contribution in [2.24, 2.45) is 0 Å².